The number of hydrogen-bond donors (Lipinski definition) is 1. The lowest BCUT2D eigenvalue weighted by Gasteiger charge is -2.23. The molecular formula is C19H17ClN6O3. The van der Waals surface area contributed by atoms with E-state index in [4.69, 9.17) is 16.3 Å². The van der Waals surface area contributed by atoms with Crippen LogP contribution in [-0.2, 0) is 10.3 Å². The maximum absolute atomic E-state index is 13.1. The summed E-state index contributed by atoms with van der Waals surface area (Å²) < 4.78 is 7.08. The van der Waals surface area contributed by atoms with Gasteiger partial charge in [-0.05, 0) is 47.2 Å². The number of halogens is 1. The standard InChI is InChI=1S/C19H17ClN6O3/c1-19(13-5-4-6-14(11-13)26-12-21-23-24-26)17(27)25(18(28)22-19)9-10-29-16-8-3-2-7-15(16)20/h2-8,11-12H,9-10H2,1H3,(H,22,28)/t19-/m0/s1. The summed E-state index contributed by atoms with van der Waals surface area (Å²) in [5.41, 5.74) is 0.0977. The van der Waals surface area contributed by atoms with Crippen LogP contribution in [0.5, 0.6) is 5.75 Å². The Balaban J connectivity index is 1.50. The molecule has 29 heavy (non-hydrogen) atoms. The average Bonchev–Trinajstić information content (AvgIpc) is 3.33. The maximum atomic E-state index is 13.1. The minimum absolute atomic E-state index is 0.0954. The fraction of sp³-hybridized carbons (Fsp3) is 0.211. The highest BCUT2D eigenvalue weighted by Gasteiger charge is 2.48. The van der Waals surface area contributed by atoms with Crippen molar-refractivity contribution < 1.29 is 14.3 Å². The van der Waals surface area contributed by atoms with Crippen LogP contribution in [0.2, 0.25) is 5.02 Å². The minimum Gasteiger partial charge on any atom is -0.490 e. The fourth-order valence-corrected chi connectivity index (χ4v) is 3.33. The molecule has 1 saturated heterocycles. The number of rotatable bonds is 6. The second-order valence-electron chi connectivity index (χ2n) is 6.60. The number of imide groups is 1. The Bertz CT molecular complexity index is 1060. The second kappa shape index (κ2) is 7.51. The third-order valence-corrected chi connectivity index (χ3v) is 5.03. The molecule has 0 spiro atoms. The van der Waals surface area contributed by atoms with Crippen molar-refractivity contribution in [3.05, 3.63) is 65.4 Å². The maximum Gasteiger partial charge on any atom is 0.325 e. The molecule has 0 aliphatic carbocycles. The molecular weight excluding hydrogens is 396 g/mol. The lowest BCUT2D eigenvalue weighted by atomic mass is 9.91. The van der Waals surface area contributed by atoms with Crippen LogP contribution in [-0.4, -0.2) is 50.2 Å². The molecule has 2 heterocycles. The number of urea groups is 1. The Morgan fingerprint density at radius 3 is 2.76 bits per heavy atom. The number of nitrogens with one attached hydrogen (secondary N) is 1. The van der Waals surface area contributed by atoms with E-state index < -0.39 is 11.6 Å². The summed E-state index contributed by atoms with van der Waals surface area (Å²) in [6.45, 7) is 1.89. The molecule has 9 nitrogen and oxygen atoms in total. The number of tetrazole rings is 1. The van der Waals surface area contributed by atoms with E-state index in [9.17, 15) is 9.59 Å². The number of benzene rings is 2. The summed E-state index contributed by atoms with van der Waals surface area (Å²) >= 11 is 6.06. The van der Waals surface area contributed by atoms with Crippen molar-refractivity contribution >= 4 is 23.5 Å². The number of ether oxygens (including phenoxy) is 1. The van der Waals surface area contributed by atoms with Crippen LogP contribution < -0.4 is 10.1 Å². The summed E-state index contributed by atoms with van der Waals surface area (Å²) in [4.78, 5) is 26.7. The third-order valence-electron chi connectivity index (χ3n) is 4.72. The zero-order valence-electron chi connectivity index (χ0n) is 15.4. The Kier molecular flexibility index (Phi) is 4.89. The Labute approximate surface area is 171 Å². The van der Waals surface area contributed by atoms with Gasteiger partial charge < -0.3 is 10.1 Å². The van der Waals surface area contributed by atoms with Gasteiger partial charge in [0.15, 0.2) is 0 Å². The Hall–Kier alpha value is -3.46. The van der Waals surface area contributed by atoms with Crippen LogP contribution in [0.15, 0.2) is 54.9 Å². The smallest absolute Gasteiger partial charge is 0.325 e. The van der Waals surface area contributed by atoms with Gasteiger partial charge in [0, 0.05) is 0 Å². The first kappa shape index (κ1) is 18.9. The molecule has 0 saturated carbocycles. The first-order chi connectivity index (χ1) is 14.0. The van der Waals surface area contributed by atoms with Crippen molar-refractivity contribution in [3.8, 4) is 11.4 Å². The number of carbonyl (C=O) groups excluding carboxylic acids is 2. The van der Waals surface area contributed by atoms with E-state index in [2.05, 4.69) is 20.8 Å². The lowest BCUT2D eigenvalue weighted by molar-refractivity contribution is -0.131. The molecule has 0 bridgehead atoms. The Morgan fingerprint density at radius 1 is 1.17 bits per heavy atom. The zero-order valence-corrected chi connectivity index (χ0v) is 16.2. The third kappa shape index (κ3) is 3.52. The molecule has 1 atom stereocenters. The van der Waals surface area contributed by atoms with Gasteiger partial charge >= 0.3 is 6.03 Å². The molecule has 3 amide bonds. The summed E-state index contributed by atoms with van der Waals surface area (Å²) in [5.74, 6) is 0.136. The fourth-order valence-electron chi connectivity index (χ4n) is 3.14. The van der Waals surface area contributed by atoms with E-state index in [-0.39, 0.29) is 19.1 Å². The molecule has 1 fully saturated rings. The Morgan fingerprint density at radius 2 is 2.00 bits per heavy atom. The summed E-state index contributed by atoms with van der Waals surface area (Å²) in [7, 11) is 0. The van der Waals surface area contributed by atoms with Gasteiger partial charge in [-0.2, -0.15) is 0 Å². The number of aromatic nitrogens is 4. The largest absolute Gasteiger partial charge is 0.490 e. The van der Waals surface area contributed by atoms with E-state index in [1.165, 1.54) is 11.0 Å². The van der Waals surface area contributed by atoms with Crippen LogP contribution in [0.4, 0.5) is 4.79 Å². The van der Waals surface area contributed by atoms with E-state index in [0.29, 0.717) is 22.0 Å². The highest BCUT2D eigenvalue weighted by atomic mass is 35.5. The number of hydrogen-bond acceptors (Lipinski definition) is 6. The van der Waals surface area contributed by atoms with Crippen LogP contribution in [0.3, 0.4) is 0 Å². The monoisotopic (exact) mass is 412 g/mol. The molecule has 1 aromatic heterocycles. The van der Waals surface area contributed by atoms with Gasteiger partial charge in [0.1, 0.15) is 24.2 Å². The molecule has 0 unspecified atom stereocenters. The van der Waals surface area contributed by atoms with E-state index in [1.807, 2.05) is 0 Å². The molecule has 1 N–H and O–H groups in total. The highest BCUT2D eigenvalue weighted by Crippen LogP contribution is 2.30. The van der Waals surface area contributed by atoms with Crippen molar-refractivity contribution in [1.82, 2.24) is 30.4 Å². The first-order valence-electron chi connectivity index (χ1n) is 8.84. The number of para-hydroxylation sites is 1. The average molecular weight is 413 g/mol. The van der Waals surface area contributed by atoms with Gasteiger partial charge in [-0.15, -0.1) is 5.10 Å². The number of carbonyl (C=O) groups is 2. The van der Waals surface area contributed by atoms with Gasteiger partial charge in [0.2, 0.25) is 0 Å². The van der Waals surface area contributed by atoms with Crippen LogP contribution in [0.25, 0.3) is 5.69 Å². The molecule has 148 valence electrons. The summed E-state index contributed by atoms with van der Waals surface area (Å²) in [5, 5.41) is 14.3. The normalized spacial score (nSPS) is 18.8. The highest BCUT2D eigenvalue weighted by molar-refractivity contribution is 6.32. The van der Waals surface area contributed by atoms with Gasteiger partial charge in [0.25, 0.3) is 5.91 Å². The van der Waals surface area contributed by atoms with Gasteiger partial charge in [-0.1, -0.05) is 35.9 Å². The molecule has 0 radical (unpaired) electrons. The molecule has 10 heteroatoms. The predicted octanol–water partition coefficient (Wildman–Crippen LogP) is 2.16. The summed E-state index contributed by atoms with van der Waals surface area (Å²) in [6.07, 6.45) is 1.45. The van der Waals surface area contributed by atoms with Gasteiger partial charge in [-0.25, -0.2) is 9.48 Å². The predicted molar refractivity (Wildman–Crippen MR) is 104 cm³/mol. The second-order valence-corrected chi connectivity index (χ2v) is 7.00. The number of amides is 3. The van der Waals surface area contributed by atoms with Gasteiger partial charge in [-0.3, -0.25) is 9.69 Å². The van der Waals surface area contributed by atoms with Crippen molar-refractivity contribution in [2.75, 3.05) is 13.2 Å². The van der Waals surface area contributed by atoms with E-state index in [1.54, 1.807) is 55.5 Å². The molecule has 1 aliphatic heterocycles. The summed E-state index contributed by atoms with van der Waals surface area (Å²) in [6, 6.07) is 13.7. The van der Waals surface area contributed by atoms with Crippen LogP contribution >= 0.6 is 11.6 Å². The quantitative estimate of drug-likeness (QED) is 0.622. The minimum atomic E-state index is -1.20. The lowest BCUT2D eigenvalue weighted by Crippen LogP contribution is -2.41. The van der Waals surface area contributed by atoms with E-state index >= 15 is 0 Å². The van der Waals surface area contributed by atoms with Crippen molar-refractivity contribution in [1.29, 1.82) is 0 Å². The van der Waals surface area contributed by atoms with Gasteiger partial charge in [0.05, 0.1) is 17.3 Å². The van der Waals surface area contributed by atoms with Crippen LogP contribution in [0.1, 0.15) is 12.5 Å². The van der Waals surface area contributed by atoms with Crippen molar-refractivity contribution in [2.45, 2.75) is 12.5 Å². The molecule has 4 rings (SSSR count). The van der Waals surface area contributed by atoms with Crippen molar-refractivity contribution in [2.24, 2.45) is 0 Å². The topological polar surface area (TPSA) is 102 Å². The van der Waals surface area contributed by atoms with Crippen LogP contribution in [0, 0.1) is 0 Å². The van der Waals surface area contributed by atoms with E-state index in [0.717, 1.165) is 4.90 Å². The molecule has 3 aromatic rings. The van der Waals surface area contributed by atoms with Crippen molar-refractivity contribution in [3.63, 3.8) is 0 Å². The zero-order chi connectivity index (χ0) is 20.4. The first-order valence-corrected chi connectivity index (χ1v) is 9.22. The molecule has 2 aromatic carbocycles. The SMILES string of the molecule is C[C@@]1(c2cccc(-n3cnnn3)c2)NC(=O)N(CCOc2ccccc2Cl)C1=O. The number of nitrogens with zero attached hydrogens (tertiary/aromatic N) is 5. The molecule has 1 aliphatic rings.